The van der Waals surface area contributed by atoms with Crippen LogP contribution in [0.15, 0.2) is 53.4 Å². The molecule has 4 nitrogen and oxygen atoms in total. The summed E-state index contributed by atoms with van der Waals surface area (Å²) in [6.45, 7) is 1.86. The van der Waals surface area contributed by atoms with Crippen molar-refractivity contribution in [3.8, 4) is 0 Å². The van der Waals surface area contributed by atoms with E-state index in [2.05, 4.69) is 17.0 Å². The molecule has 0 radical (unpaired) electrons. The summed E-state index contributed by atoms with van der Waals surface area (Å²) in [5.74, 6) is 0. The molecular weight excluding hydrogens is 284 g/mol. The first-order valence-electron chi connectivity index (χ1n) is 6.99. The maximum atomic E-state index is 11.4. The van der Waals surface area contributed by atoms with Crippen LogP contribution in [0.3, 0.4) is 0 Å². The molecule has 0 atom stereocenters. The molecule has 1 aliphatic rings. The predicted octanol–water partition coefficient (Wildman–Crippen LogP) is 1.94. The Balaban J connectivity index is 1.75. The molecule has 2 N–H and O–H groups in total. The molecule has 2 aromatic carbocycles. The highest BCUT2D eigenvalue weighted by molar-refractivity contribution is 7.89. The molecular formula is C16H18N2O2S. The Bertz CT molecular complexity index is 742. The third-order valence-corrected chi connectivity index (χ3v) is 4.80. The molecule has 2 aromatic rings. The molecule has 0 saturated heterocycles. The van der Waals surface area contributed by atoms with Crippen molar-refractivity contribution in [3.63, 3.8) is 0 Å². The van der Waals surface area contributed by atoms with E-state index in [4.69, 9.17) is 5.14 Å². The molecule has 0 bridgehead atoms. The second kappa shape index (κ2) is 5.50. The average molecular weight is 302 g/mol. The van der Waals surface area contributed by atoms with E-state index in [0.717, 1.165) is 37.2 Å². The lowest BCUT2D eigenvalue weighted by Crippen LogP contribution is -2.23. The maximum absolute atomic E-state index is 11.4. The fourth-order valence-electron chi connectivity index (χ4n) is 2.76. The number of nitrogens with zero attached hydrogens (tertiary/aromatic N) is 1. The number of primary sulfonamides is 1. The summed E-state index contributed by atoms with van der Waals surface area (Å²) in [6.07, 6.45) is 1.85. The number of hydrogen-bond acceptors (Lipinski definition) is 3. The van der Waals surface area contributed by atoms with E-state index < -0.39 is 10.0 Å². The van der Waals surface area contributed by atoms with Gasteiger partial charge in [-0.2, -0.15) is 0 Å². The number of nitrogens with two attached hydrogens (primary N) is 1. The van der Waals surface area contributed by atoms with Crippen molar-refractivity contribution in [2.75, 3.05) is 18.0 Å². The summed E-state index contributed by atoms with van der Waals surface area (Å²) in [5, 5.41) is 5.18. The lowest BCUT2D eigenvalue weighted by molar-refractivity contribution is 0.597. The number of sulfonamides is 1. The van der Waals surface area contributed by atoms with Crippen LogP contribution < -0.4 is 10.0 Å². The Morgan fingerprint density at radius 2 is 1.86 bits per heavy atom. The van der Waals surface area contributed by atoms with Gasteiger partial charge in [-0.25, -0.2) is 13.6 Å². The van der Waals surface area contributed by atoms with Crippen molar-refractivity contribution in [2.24, 2.45) is 5.14 Å². The molecule has 1 aliphatic heterocycles. The summed E-state index contributed by atoms with van der Waals surface area (Å²) in [5.41, 5.74) is 3.50. The van der Waals surface area contributed by atoms with Gasteiger partial charge >= 0.3 is 0 Å². The normalized spacial score (nSPS) is 14.2. The Hall–Kier alpha value is -1.85. The van der Waals surface area contributed by atoms with Gasteiger partial charge in [0.25, 0.3) is 0 Å². The summed E-state index contributed by atoms with van der Waals surface area (Å²) in [7, 11) is -3.62. The summed E-state index contributed by atoms with van der Waals surface area (Å²) < 4.78 is 22.8. The summed E-state index contributed by atoms with van der Waals surface area (Å²) in [4.78, 5) is 2.50. The Kier molecular flexibility index (Phi) is 3.69. The van der Waals surface area contributed by atoms with Crippen LogP contribution >= 0.6 is 0 Å². The van der Waals surface area contributed by atoms with Crippen molar-refractivity contribution in [3.05, 3.63) is 59.7 Å². The van der Waals surface area contributed by atoms with Gasteiger partial charge in [-0.05, 0) is 42.2 Å². The third kappa shape index (κ3) is 3.09. The van der Waals surface area contributed by atoms with E-state index in [1.165, 1.54) is 5.56 Å². The molecule has 0 spiro atoms. The molecule has 0 aromatic heterocycles. The molecule has 110 valence electrons. The fourth-order valence-corrected chi connectivity index (χ4v) is 3.33. The molecule has 3 rings (SSSR count). The van der Waals surface area contributed by atoms with Gasteiger partial charge in [0.15, 0.2) is 0 Å². The molecule has 0 amide bonds. The predicted molar refractivity (Wildman–Crippen MR) is 83.9 cm³/mol. The second-order valence-corrected chi connectivity index (χ2v) is 6.87. The van der Waals surface area contributed by atoms with Crippen LogP contribution in [-0.4, -0.2) is 21.5 Å². The van der Waals surface area contributed by atoms with Crippen LogP contribution in [0, 0.1) is 0 Å². The Morgan fingerprint density at radius 3 is 2.57 bits per heavy atom. The minimum atomic E-state index is -3.62. The highest BCUT2D eigenvalue weighted by Crippen LogP contribution is 2.29. The molecule has 5 heteroatoms. The minimum Gasteiger partial charge on any atom is -0.371 e. The van der Waals surface area contributed by atoms with Crippen LogP contribution in [0.5, 0.6) is 0 Å². The zero-order valence-electron chi connectivity index (χ0n) is 11.7. The van der Waals surface area contributed by atoms with Gasteiger partial charge < -0.3 is 4.90 Å². The average Bonchev–Trinajstić information content (AvgIpc) is 2.87. The highest BCUT2D eigenvalue weighted by atomic mass is 32.2. The Labute approximate surface area is 125 Å². The lowest BCUT2D eigenvalue weighted by Gasteiger charge is -2.19. The fraction of sp³-hybridized carbons (Fsp3) is 0.250. The standard InChI is InChI=1S/C16H18N2O2S/c17-21(19,20)15-6-7-16-14(12-15)9-11-18(16)10-8-13-4-2-1-3-5-13/h1-7,12H,8-11H2,(H2,17,19,20). The number of benzene rings is 2. The number of rotatable bonds is 4. The summed E-state index contributed by atoms with van der Waals surface area (Å²) >= 11 is 0. The van der Waals surface area contributed by atoms with Crippen molar-refractivity contribution in [2.45, 2.75) is 17.7 Å². The van der Waals surface area contributed by atoms with E-state index >= 15 is 0 Å². The van der Waals surface area contributed by atoms with Crippen molar-refractivity contribution in [1.82, 2.24) is 0 Å². The van der Waals surface area contributed by atoms with Gasteiger partial charge in [-0.15, -0.1) is 0 Å². The highest BCUT2D eigenvalue weighted by Gasteiger charge is 2.20. The van der Waals surface area contributed by atoms with Crippen molar-refractivity contribution >= 4 is 15.7 Å². The first-order valence-corrected chi connectivity index (χ1v) is 8.53. The topological polar surface area (TPSA) is 63.4 Å². The molecule has 0 aliphatic carbocycles. The zero-order chi connectivity index (χ0) is 14.9. The number of anilines is 1. The van der Waals surface area contributed by atoms with Gasteiger partial charge in [0.1, 0.15) is 0 Å². The first kappa shape index (κ1) is 14.1. The maximum Gasteiger partial charge on any atom is 0.238 e. The van der Waals surface area contributed by atoms with Gasteiger partial charge in [0, 0.05) is 18.8 Å². The smallest absolute Gasteiger partial charge is 0.238 e. The Morgan fingerprint density at radius 1 is 1.10 bits per heavy atom. The van der Waals surface area contributed by atoms with E-state index in [9.17, 15) is 8.42 Å². The van der Waals surface area contributed by atoms with Gasteiger partial charge in [0.05, 0.1) is 4.90 Å². The van der Waals surface area contributed by atoms with Gasteiger partial charge in [-0.1, -0.05) is 30.3 Å². The van der Waals surface area contributed by atoms with E-state index in [-0.39, 0.29) is 4.90 Å². The van der Waals surface area contributed by atoms with Crippen LogP contribution in [0.1, 0.15) is 11.1 Å². The molecule has 0 fully saturated rings. The number of fused-ring (bicyclic) bond motifs is 1. The quantitative estimate of drug-likeness (QED) is 0.939. The van der Waals surface area contributed by atoms with Gasteiger partial charge in [0.2, 0.25) is 10.0 Å². The number of hydrogen-bond donors (Lipinski definition) is 1. The van der Waals surface area contributed by atoms with E-state index in [1.807, 2.05) is 24.3 Å². The first-order chi connectivity index (χ1) is 10.0. The molecule has 1 heterocycles. The minimum absolute atomic E-state index is 0.200. The monoisotopic (exact) mass is 302 g/mol. The van der Waals surface area contributed by atoms with Crippen LogP contribution in [-0.2, 0) is 22.9 Å². The van der Waals surface area contributed by atoms with Crippen LogP contribution in [0.4, 0.5) is 5.69 Å². The van der Waals surface area contributed by atoms with Crippen molar-refractivity contribution < 1.29 is 8.42 Å². The van der Waals surface area contributed by atoms with Crippen LogP contribution in [0.25, 0.3) is 0 Å². The molecule has 21 heavy (non-hydrogen) atoms. The lowest BCUT2D eigenvalue weighted by atomic mass is 10.1. The largest absolute Gasteiger partial charge is 0.371 e. The molecule has 0 saturated carbocycles. The zero-order valence-corrected chi connectivity index (χ0v) is 12.5. The van der Waals surface area contributed by atoms with Crippen LogP contribution in [0.2, 0.25) is 0 Å². The summed E-state index contributed by atoms with van der Waals surface area (Å²) in [6, 6.07) is 15.5. The van der Waals surface area contributed by atoms with Crippen molar-refractivity contribution in [1.29, 1.82) is 0 Å². The van der Waals surface area contributed by atoms with E-state index in [1.54, 1.807) is 12.1 Å². The third-order valence-electron chi connectivity index (χ3n) is 3.88. The molecule has 0 unspecified atom stereocenters. The van der Waals surface area contributed by atoms with E-state index in [0.29, 0.717) is 0 Å². The second-order valence-electron chi connectivity index (χ2n) is 5.31. The SMILES string of the molecule is NS(=O)(=O)c1ccc2c(c1)CCN2CCc1ccccc1. The van der Waals surface area contributed by atoms with Gasteiger partial charge in [-0.3, -0.25) is 0 Å².